The molecule has 0 aliphatic heterocycles. The summed E-state index contributed by atoms with van der Waals surface area (Å²) < 4.78 is 13.0. The van der Waals surface area contributed by atoms with Crippen LogP contribution in [0.15, 0.2) is 36.4 Å². The molecule has 0 bridgehead atoms. The number of halogens is 3. The fourth-order valence-electron chi connectivity index (χ4n) is 1.79. The molecule has 0 saturated heterocycles. The second kappa shape index (κ2) is 6.78. The molecule has 3 nitrogen and oxygen atoms in total. The van der Waals surface area contributed by atoms with Crippen molar-refractivity contribution in [3.63, 3.8) is 0 Å². The summed E-state index contributed by atoms with van der Waals surface area (Å²) in [6.07, 6.45) is 0. The molecule has 0 fully saturated rings. The van der Waals surface area contributed by atoms with Gasteiger partial charge in [-0.25, -0.2) is 4.39 Å². The molecular weight excluding hydrogens is 314 g/mol. The summed E-state index contributed by atoms with van der Waals surface area (Å²) in [5.74, 6) is -0.587. The van der Waals surface area contributed by atoms with Crippen molar-refractivity contribution in [2.75, 3.05) is 17.2 Å². The van der Waals surface area contributed by atoms with Crippen LogP contribution in [0.5, 0.6) is 0 Å². The topological polar surface area (TPSA) is 41.1 Å². The lowest BCUT2D eigenvalue weighted by atomic mass is 10.2. The van der Waals surface area contributed by atoms with E-state index in [0.717, 1.165) is 5.56 Å². The van der Waals surface area contributed by atoms with Crippen molar-refractivity contribution in [2.24, 2.45) is 0 Å². The van der Waals surface area contributed by atoms with Crippen molar-refractivity contribution in [1.82, 2.24) is 0 Å². The first-order valence-electron chi connectivity index (χ1n) is 6.20. The first kappa shape index (κ1) is 15.6. The van der Waals surface area contributed by atoms with Crippen LogP contribution in [0.2, 0.25) is 10.0 Å². The summed E-state index contributed by atoms with van der Waals surface area (Å²) in [4.78, 5) is 11.9. The van der Waals surface area contributed by atoms with Gasteiger partial charge in [0, 0.05) is 10.7 Å². The summed E-state index contributed by atoms with van der Waals surface area (Å²) in [7, 11) is 0. The zero-order valence-corrected chi connectivity index (χ0v) is 12.7. The molecule has 21 heavy (non-hydrogen) atoms. The van der Waals surface area contributed by atoms with Crippen molar-refractivity contribution in [3.8, 4) is 0 Å². The Hall–Kier alpha value is -1.78. The van der Waals surface area contributed by atoms with E-state index >= 15 is 0 Å². The molecule has 0 heterocycles. The van der Waals surface area contributed by atoms with Crippen molar-refractivity contribution in [3.05, 3.63) is 57.8 Å². The zero-order valence-electron chi connectivity index (χ0n) is 11.2. The van der Waals surface area contributed by atoms with Gasteiger partial charge in [-0.1, -0.05) is 23.2 Å². The molecule has 0 unspecified atom stereocenters. The van der Waals surface area contributed by atoms with E-state index in [9.17, 15) is 9.18 Å². The van der Waals surface area contributed by atoms with Gasteiger partial charge in [0.05, 0.1) is 17.3 Å². The third kappa shape index (κ3) is 4.34. The lowest BCUT2D eigenvalue weighted by Gasteiger charge is -2.11. The van der Waals surface area contributed by atoms with E-state index in [1.807, 2.05) is 0 Å². The highest BCUT2D eigenvalue weighted by Gasteiger charge is 2.07. The minimum Gasteiger partial charge on any atom is -0.376 e. The van der Waals surface area contributed by atoms with E-state index in [1.54, 1.807) is 31.2 Å². The molecular formula is C15H13Cl2FN2O. The highest BCUT2D eigenvalue weighted by atomic mass is 35.5. The smallest absolute Gasteiger partial charge is 0.243 e. The van der Waals surface area contributed by atoms with E-state index in [2.05, 4.69) is 10.6 Å². The molecule has 1 amide bonds. The number of hydrogen-bond acceptors (Lipinski definition) is 2. The molecule has 0 atom stereocenters. The van der Waals surface area contributed by atoms with Crippen LogP contribution < -0.4 is 10.6 Å². The third-order valence-electron chi connectivity index (χ3n) is 2.83. The molecule has 2 N–H and O–H groups in total. The van der Waals surface area contributed by atoms with Crippen LogP contribution in [0.25, 0.3) is 0 Å². The van der Waals surface area contributed by atoms with Crippen LogP contribution in [-0.2, 0) is 4.79 Å². The molecule has 0 aliphatic rings. The van der Waals surface area contributed by atoms with E-state index < -0.39 is 0 Å². The minimum absolute atomic E-state index is 0.0370. The fourth-order valence-corrected chi connectivity index (χ4v) is 2.13. The molecule has 2 aromatic rings. The van der Waals surface area contributed by atoms with Crippen LogP contribution in [0.4, 0.5) is 15.8 Å². The zero-order chi connectivity index (χ0) is 15.4. The van der Waals surface area contributed by atoms with Gasteiger partial charge in [-0.3, -0.25) is 4.79 Å². The number of benzene rings is 2. The molecule has 0 aromatic heterocycles. The molecule has 2 aromatic carbocycles. The van der Waals surface area contributed by atoms with E-state index in [1.165, 1.54) is 12.1 Å². The van der Waals surface area contributed by atoms with E-state index in [-0.39, 0.29) is 18.3 Å². The number of carbonyl (C=O) groups excluding carboxylic acids is 1. The summed E-state index contributed by atoms with van der Waals surface area (Å²) in [5, 5.41) is 6.49. The quantitative estimate of drug-likeness (QED) is 0.869. The number of anilines is 2. The second-order valence-corrected chi connectivity index (χ2v) is 5.33. The molecule has 0 spiro atoms. The van der Waals surface area contributed by atoms with Gasteiger partial charge in [-0.2, -0.15) is 0 Å². The van der Waals surface area contributed by atoms with Gasteiger partial charge in [0.2, 0.25) is 5.91 Å². The maximum atomic E-state index is 13.0. The highest BCUT2D eigenvalue weighted by molar-refractivity contribution is 6.35. The number of rotatable bonds is 4. The molecule has 6 heteroatoms. The average Bonchev–Trinajstić information content (AvgIpc) is 2.42. The lowest BCUT2D eigenvalue weighted by Crippen LogP contribution is -2.22. The van der Waals surface area contributed by atoms with Gasteiger partial charge < -0.3 is 10.6 Å². The Morgan fingerprint density at radius 1 is 1.14 bits per heavy atom. The first-order valence-corrected chi connectivity index (χ1v) is 6.96. The highest BCUT2D eigenvalue weighted by Crippen LogP contribution is 2.25. The van der Waals surface area contributed by atoms with Crippen LogP contribution in [-0.4, -0.2) is 12.5 Å². The van der Waals surface area contributed by atoms with Crippen LogP contribution in [0, 0.1) is 12.7 Å². The average molecular weight is 327 g/mol. The van der Waals surface area contributed by atoms with Crippen LogP contribution >= 0.6 is 23.2 Å². The molecule has 0 aliphatic carbocycles. The van der Waals surface area contributed by atoms with Gasteiger partial charge in [0.15, 0.2) is 0 Å². The number of hydrogen-bond donors (Lipinski definition) is 2. The molecule has 0 radical (unpaired) electrons. The maximum Gasteiger partial charge on any atom is 0.243 e. The van der Waals surface area contributed by atoms with Crippen LogP contribution in [0.1, 0.15) is 5.56 Å². The molecule has 2 rings (SSSR count). The minimum atomic E-state index is -0.312. The van der Waals surface area contributed by atoms with Gasteiger partial charge >= 0.3 is 0 Å². The summed E-state index contributed by atoms with van der Waals surface area (Å²) in [6, 6.07) is 9.14. The Morgan fingerprint density at radius 2 is 1.90 bits per heavy atom. The Morgan fingerprint density at radius 3 is 2.62 bits per heavy atom. The van der Waals surface area contributed by atoms with Gasteiger partial charge in [0.1, 0.15) is 5.82 Å². The van der Waals surface area contributed by atoms with Crippen LogP contribution in [0.3, 0.4) is 0 Å². The fraction of sp³-hybridized carbons (Fsp3) is 0.133. The van der Waals surface area contributed by atoms with E-state index in [4.69, 9.17) is 23.2 Å². The number of amides is 1. The second-order valence-electron chi connectivity index (χ2n) is 4.49. The predicted molar refractivity (Wildman–Crippen MR) is 84.7 cm³/mol. The van der Waals surface area contributed by atoms with E-state index in [0.29, 0.717) is 21.4 Å². The lowest BCUT2D eigenvalue weighted by molar-refractivity contribution is -0.114. The normalized spacial score (nSPS) is 10.3. The SMILES string of the molecule is Cc1cc(F)ccc1NCC(=O)Nc1cc(Cl)ccc1Cl. The Labute approximate surface area is 132 Å². The van der Waals surface area contributed by atoms with Gasteiger partial charge in [-0.15, -0.1) is 0 Å². The Balaban J connectivity index is 1.97. The first-order chi connectivity index (χ1) is 9.95. The summed E-state index contributed by atoms with van der Waals surface area (Å²) in [6.45, 7) is 1.80. The number of nitrogens with one attached hydrogen (secondary N) is 2. The predicted octanol–water partition coefficient (Wildman–Crippen LogP) is 4.49. The van der Waals surface area contributed by atoms with Crippen molar-refractivity contribution < 1.29 is 9.18 Å². The molecule has 0 saturated carbocycles. The van der Waals surface area contributed by atoms with Crippen molar-refractivity contribution in [2.45, 2.75) is 6.92 Å². The summed E-state index contributed by atoms with van der Waals surface area (Å²) >= 11 is 11.8. The third-order valence-corrected chi connectivity index (χ3v) is 3.40. The molecule has 110 valence electrons. The number of aryl methyl sites for hydroxylation is 1. The standard InChI is InChI=1S/C15H13Cl2FN2O/c1-9-6-11(18)3-5-13(9)19-8-15(21)20-14-7-10(16)2-4-12(14)17/h2-7,19H,8H2,1H3,(H,20,21). The Kier molecular flexibility index (Phi) is 5.04. The Bertz CT molecular complexity index is 677. The van der Waals surface area contributed by atoms with Gasteiger partial charge in [0.25, 0.3) is 0 Å². The van der Waals surface area contributed by atoms with Crippen molar-refractivity contribution >= 4 is 40.5 Å². The van der Waals surface area contributed by atoms with Crippen molar-refractivity contribution in [1.29, 1.82) is 0 Å². The van der Waals surface area contributed by atoms with Gasteiger partial charge in [-0.05, 0) is 48.9 Å². The monoisotopic (exact) mass is 326 g/mol. The maximum absolute atomic E-state index is 13.0. The number of carbonyl (C=O) groups is 1. The summed E-state index contributed by atoms with van der Waals surface area (Å²) in [5.41, 5.74) is 1.87. The largest absolute Gasteiger partial charge is 0.376 e.